The van der Waals surface area contributed by atoms with E-state index in [9.17, 15) is 106 Å². The van der Waals surface area contributed by atoms with Crippen LogP contribution in [0.2, 0.25) is 0 Å². The predicted molar refractivity (Wildman–Crippen MR) is 529 cm³/mol. The normalized spacial score (nSPS) is 13.2. The molecular weight excluding hydrogens is 1880 g/mol. The van der Waals surface area contributed by atoms with Crippen molar-refractivity contribution in [2.75, 3.05) is 89.1 Å². The first-order valence-electron chi connectivity index (χ1n) is 45.3. The molecule has 790 valence electrons. The minimum absolute atomic E-state index is 0. The number of nitrogens with one attached hydrogen (secondary N) is 12. The van der Waals surface area contributed by atoms with Crippen molar-refractivity contribution >= 4 is 137 Å². The molecular formula is C95H150Cl2N18O26. The molecule has 141 heavy (non-hydrogen) atoms. The number of hydrogen-bond donors (Lipinski definition) is 18. The van der Waals surface area contributed by atoms with Crippen LogP contribution in [0.3, 0.4) is 0 Å². The van der Waals surface area contributed by atoms with Gasteiger partial charge in [0.1, 0.15) is 59.7 Å². The summed E-state index contributed by atoms with van der Waals surface area (Å²) >= 11 is 0. The number of carboxylic acids is 1. The molecule has 0 spiro atoms. The number of nitrogens with zero attached hydrogens (tertiary/aromatic N) is 4. The van der Waals surface area contributed by atoms with Gasteiger partial charge in [-0.25, -0.2) is 14.4 Å². The first-order valence-corrected chi connectivity index (χ1v) is 45.3. The molecule has 8 unspecified atom stereocenters. The van der Waals surface area contributed by atoms with Gasteiger partial charge < -0.3 is 130 Å². The van der Waals surface area contributed by atoms with Crippen LogP contribution in [-0.2, 0) is 90.9 Å². The molecule has 4 aromatic rings. The molecule has 16 amide bonds. The topological polar surface area (TPSA) is 642 Å². The average Bonchev–Trinajstić information content (AvgIpc) is 0.855. The van der Waals surface area contributed by atoms with Gasteiger partial charge in [-0.15, -0.1) is 24.8 Å². The molecule has 0 bridgehead atoms. The molecule has 44 nitrogen and oxygen atoms in total. The van der Waals surface area contributed by atoms with Crippen molar-refractivity contribution in [3.8, 4) is 0 Å². The summed E-state index contributed by atoms with van der Waals surface area (Å²) in [6.07, 6.45) is -1.88. The Morgan fingerprint density at radius 1 is 0.319 bits per heavy atom. The van der Waals surface area contributed by atoms with Crippen LogP contribution in [0.15, 0.2) is 121 Å². The SMILES string of the molecule is CCCC(N)C(=O)C(=O)NCC(=O)N[C@H](C(=O)N(C)C)c1ccccc1.CCCC(N)C(O)C(=O)NCC(=O)N[C@H](C(=O)N(C)C)c1ccccc1.CCCC(NC(=O)OC(C)(C)C)C(=O)C(=O)NCC(=O)N[C@H](C(=O)N(C)C)c1ccccc1.CCCC(NC(=O)OC(C)(C)C)C(O)C(=O)NCC(=O)N[C@H](C(=O)N(C)C)c1ccccc1.CCCC(NC(=O)OC(C)(C)C)C(O)C(=O)NCC(=O)O.Cl.Cl. The number of benzene rings is 4. The number of alkyl carbamates (subject to hydrolysis) is 3. The van der Waals surface area contributed by atoms with Gasteiger partial charge in [0, 0.05) is 62.4 Å². The van der Waals surface area contributed by atoms with Gasteiger partial charge in [-0.1, -0.05) is 188 Å². The van der Waals surface area contributed by atoms with Crippen molar-refractivity contribution < 1.29 is 126 Å². The molecule has 0 saturated heterocycles. The van der Waals surface area contributed by atoms with E-state index in [4.69, 9.17) is 30.8 Å². The summed E-state index contributed by atoms with van der Waals surface area (Å²) < 4.78 is 15.4. The minimum Gasteiger partial charge on any atom is -0.480 e. The summed E-state index contributed by atoms with van der Waals surface area (Å²) in [5, 5.41) is 67.5. The fourth-order valence-electron chi connectivity index (χ4n) is 11.9. The highest BCUT2D eigenvalue weighted by atomic mass is 35.5. The number of ketones is 2. The van der Waals surface area contributed by atoms with Crippen molar-refractivity contribution in [1.82, 2.24) is 83.4 Å². The fraction of sp³-hybridized carbons (Fsp3) is 0.547. The Labute approximate surface area is 837 Å². The quantitative estimate of drug-likeness (QED) is 0.0223. The van der Waals surface area contributed by atoms with Crippen LogP contribution in [0.1, 0.15) is 208 Å². The largest absolute Gasteiger partial charge is 0.480 e. The second-order valence-electron chi connectivity index (χ2n) is 35.5. The fourth-order valence-corrected chi connectivity index (χ4v) is 11.9. The number of hydrogen-bond acceptors (Lipinski definition) is 27. The number of nitrogens with two attached hydrogens (primary N) is 2. The highest BCUT2D eigenvalue weighted by Crippen LogP contribution is 2.21. The number of aliphatic hydroxyl groups is 3. The van der Waals surface area contributed by atoms with E-state index in [0.29, 0.717) is 73.6 Å². The first-order chi connectivity index (χ1) is 64.8. The lowest BCUT2D eigenvalue weighted by Gasteiger charge is -2.26. The van der Waals surface area contributed by atoms with Gasteiger partial charge in [-0.05, 0) is 117 Å². The third kappa shape index (κ3) is 55.0. The zero-order chi connectivity index (χ0) is 106. The van der Waals surface area contributed by atoms with Crippen LogP contribution in [0.5, 0.6) is 0 Å². The summed E-state index contributed by atoms with van der Waals surface area (Å²) in [6, 6.07) is 27.0. The summed E-state index contributed by atoms with van der Waals surface area (Å²) in [4.78, 5) is 235. The second kappa shape index (κ2) is 68.1. The summed E-state index contributed by atoms with van der Waals surface area (Å²) in [5.41, 5.74) is 11.5. The van der Waals surface area contributed by atoms with Crippen LogP contribution in [0.4, 0.5) is 14.4 Å². The molecule has 0 heterocycles. The van der Waals surface area contributed by atoms with E-state index in [2.05, 4.69) is 63.8 Å². The smallest absolute Gasteiger partial charge is 0.408 e. The summed E-state index contributed by atoms with van der Waals surface area (Å²) in [7, 11) is 12.6. The van der Waals surface area contributed by atoms with Crippen LogP contribution in [0, 0.1) is 0 Å². The molecule has 0 fully saturated rings. The number of likely N-dealkylation sites (N-methyl/N-ethyl adjacent to an activating group) is 4. The molecule has 4 aromatic carbocycles. The molecule has 0 radical (unpaired) electrons. The lowest BCUT2D eigenvalue weighted by molar-refractivity contribution is -0.140. The number of rotatable bonds is 45. The maximum absolute atomic E-state index is 12.5. The number of Topliss-reactive ketones (excluding diaryl/α,β-unsaturated/α-hetero) is 2. The predicted octanol–water partition coefficient (Wildman–Crippen LogP) is 2.78. The molecule has 20 N–H and O–H groups in total. The van der Waals surface area contributed by atoms with Gasteiger partial charge >= 0.3 is 24.2 Å². The van der Waals surface area contributed by atoms with Crippen molar-refractivity contribution in [3.05, 3.63) is 144 Å². The second-order valence-corrected chi connectivity index (χ2v) is 35.5. The number of carboxylic acid groups (broad SMARTS) is 1. The standard InChI is InChI=1S/C23H36N4O6.C23H34N4O6.C18H28N4O4.C18H26N4O4.C13H24N2O6.2ClH/c2*1-7-11-16(25-22(32)33-23(2,3)4)19(29)20(30)24-14-17(28)26-18(21(31)27(5)6)15-12-9-8-10-13-15;2*1-4-8-13(19)16(24)17(25)20-11-14(23)21-15(18(26)22(2)3)12-9-6-5-7-10-12;1-5-6-8(15-12(20)21-13(2,3)4)10(18)11(19)14-7-9(16)17;;/h8-10,12-13,16,18-19,29H,7,11,14H2,1-6H3,(H,24,30)(H,25,32)(H,26,28);8-10,12-13,16,18H,7,11,14H2,1-6H3,(H,24,30)(H,25,32)(H,26,28);5-7,9-10,13,15-16,24H,4,8,11,19H2,1-3H3,(H,20,25)(H,21,23);5-7,9-10,13,15H,4,8,11,19H2,1-3H3,(H,20,25)(H,21,23);8,10,18H,5-7H2,1-4H3,(H,14,19)(H,15,20)(H,16,17);2*1H/t16?,18-,19?;16?,18-;13?,15-,16?;13?,15-;;;/m0000.../s1. The maximum Gasteiger partial charge on any atom is 0.408 e. The third-order valence-corrected chi connectivity index (χ3v) is 18.8. The van der Waals surface area contributed by atoms with Crippen molar-refractivity contribution in [1.29, 1.82) is 0 Å². The van der Waals surface area contributed by atoms with Crippen LogP contribution < -0.4 is 75.3 Å². The Kier molecular flexibility index (Phi) is 63.9. The molecule has 0 aliphatic heterocycles. The Bertz CT molecular complexity index is 4600. The number of amides is 16. The molecule has 4 rings (SSSR count). The van der Waals surface area contributed by atoms with E-state index in [1.807, 2.05) is 33.8 Å². The maximum atomic E-state index is 12.5. The van der Waals surface area contributed by atoms with Crippen molar-refractivity contribution in [2.24, 2.45) is 11.5 Å². The molecule has 46 heteroatoms. The molecule has 0 aliphatic carbocycles. The van der Waals surface area contributed by atoms with Gasteiger partial charge in [0.2, 0.25) is 58.8 Å². The minimum atomic E-state index is -1.58. The third-order valence-electron chi connectivity index (χ3n) is 18.8. The van der Waals surface area contributed by atoms with Gasteiger partial charge in [-0.3, -0.25) is 76.7 Å². The van der Waals surface area contributed by atoms with E-state index >= 15 is 0 Å². The zero-order valence-electron chi connectivity index (χ0n) is 84.6. The molecule has 12 atom stereocenters. The number of aliphatic hydroxyl groups excluding tert-OH is 3. The number of aliphatic carboxylic acids is 1. The zero-order valence-corrected chi connectivity index (χ0v) is 86.2. The highest BCUT2D eigenvalue weighted by molar-refractivity contribution is 6.39. The van der Waals surface area contributed by atoms with E-state index in [-0.39, 0.29) is 61.4 Å². The lowest BCUT2D eigenvalue weighted by atomic mass is 10.1. The Balaban J connectivity index is -0.00000170. The monoisotopic (exact) mass is 2030 g/mol. The summed E-state index contributed by atoms with van der Waals surface area (Å²) in [6.45, 7) is 22.1. The van der Waals surface area contributed by atoms with E-state index in [0.717, 1.165) is 6.42 Å². The highest BCUT2D eigenvalue weighted by Gasteiger charge is 2.36. The van der Waals surface area contributed by atoms with Gasteiger partial charge in [0.05, 0.1) is 44.3 Å². The van der Waals surface area contributed by atoms with Crippen LogP contribution in [0.25, 0.3) is 0 Å². The molecule has 0 aromatic heterocycles. The number of halogens is 2. The Morgan fingerprint density at radius 3 is 0.809 bits per heavy atom. The van der Waals surface area contributed by atoms with E-state index in [1.54, 1.807) is 241 Å². The van der Waals surface area contributed by atoms with Gasteiger partial charge in [0.25, 0.3) is 29.5 Å². The Morgan fingerprint density at radius 2 is 0.560 bits per heavy atom. The van der Waals surface area contributed by atoms with Gasteiger partial charge in [-0.2, -0.15) is 0 Å². The molecule has 0 saturated carbocycles. The van der Waals surface area contributed by atoms with E-state index < -0.39 is 205 Å². The Hall–Kier alpha value is -13.0. The van der Waals surface area contributed by atoms with Gasteiger partial charge in [0.15, 0.2) is 12.2 Å². The molecule has 0 aliphatic rings. The van der Waals surface area contributed by atoms with E-state index in [1.165, 1.54) is 19.6 Å². The first kappa shape index (κ1) is 132. The summed E-state index contributed by atoms with van der Waals surface area (Å²) in [5.74, 6) is -10.8. The van der Waals surface area contributed by atoms with Crippen molar-refractivity contribution in [2.45, 2.75) is 251 Å². The number of ether oxygens (including phenoxy) is 3. The van der Waals surface area contributed by atoms with Crippen LogP contribution >= 0.6 is 24.8 Å². The number of carbonyl (C=O) groups is 19. The number of carbonyl (C=O) groups excluding carboxylic acids is 18. The lowest BCUT2D eigenvalue weighted by Crippen LogP contribution is -2.53. The van der Waals surface area contributed by atoms with Crippen molar-refractivity contribution in [3.63, 3.8) is 0 Å². The average molecular weight is 2030 g/mol. The van der Waals surface area contributed by atoms with Crippen LogP contribution in [-0.4, -0.2) is 307 Å².